The van der Waals surface area contributed by atoms with E-state index in [0.29, 0.717) is 6.42 Å². The van der Waals surface area contributed by atoms with E-state index in [1.165, 1.54) is 38.5 Å². The van der Waals surface area contributed by atoms with E-state index in [9.17, 15) is 9.90 Å². The third kappa shape index (κ3) is 5.02. The Morgan fingerprint density at radius 3 is 2.22 bits per heavy atom. The summed E-state index contributed by atoms with van der Waals surface area (Å²) in [6, 6.07) is 0. The highest BCUT2D eigenvalue weighted by Crippen LogP contribution is 2.28. The van der Waals surface area contributed by atoms with Gasteiger partial charge in [-0.3, -0.25) is 4.79 Å². The normalized spacial score (nSPS) is 23.4. The van der Waals surface area contributed by atoms with Crippen molar-refractivity contribution in [3.63, 3.8) is 0 Å². The Morgan fingerprint density at radius 1 is 1.17 bits per heavy atom. The van der Waals surface area contributed by atoms with Crippen LogP contribution in [0.25, 0.3) is 0 Å². The summed E-state index contributed by atoms with van der Waals surface area (Å²) in [4.78, 5) is 11.0. The number of thiocarbonyl (C=S) groups is 1. The van der Waals surface area contributed by atoms with Crippen molar-refractivity contribution in [1.29, 1.82) is 0 Å². The Hall–Kier alpha value is -0.480. The molecule has 0 radical (unpaired) electrons. The molecule has 3 nitrogen and oxygen atoms in total. The highest BCUT2D eigenvalue weighted by Gasteiger charge is 2.43. The van der Waals surface area contributed by atoms with Gasteiger partial charge in [-0.2, -0.15) is 0 Å². The lowest BCUT2D eigenvalue weighted by molar-refractivity contribution is -0.133. The predicted molar refractivity (Wildman–Crippen MR) is 75.5 cm³/mol. The number of hydrogen-bond donors (Lipinski definition) is 1. The number of carbonyl (C=O) groups excluding carboxylic acids is 1. The van der Waals surface area contributed by atoms with E-state index < -0.39 is 11.6 Å². The van der Waals surface area contributed by atoms with Gasteiger partial charge in [0, 0.05) is 0 Å². The van der Waals surface area contributed by atoms with Gasteiger partial charge in [0.25, 0.3) is 0 Å². The minimum atomic E-state index is -1.17. The van der Waals surface area contributed by atoms with Gasteiger partial charge in [-0.05, 0) is 18.6 Å². The molecule has 0 aromatic heterocycles. The van der Waals surface area contributed by atoms with Gasteiger partial charge in [-0.15, -0.1) is 0 Å². The zero-order valence-corrected chi connectivity index (χ0v) is 12.1. The van der Waals surface area contributed by atoms with Crippen molar-refractivity contribution in [2.75, 3.05) is 0 Å². The Balaban J connectivity index is 2.04. The zero-order valence-electron chi connectivity index (χ0n) is 11.2. The SMILES string of the molecule is CCCCCCCCCCC1(O)CC(=O)OC1=S. The quantitative estimate of drug-likeness (QED) is 0.396. The van der Waals surface area contributed by atoms with Gasteiger partial charge in [-0.25, -0.2) is 0 Å². The van der Waals surface area contributed by atoms with Gasteiger partial charge in [0.15, 0.2) is 0 Å². The number of aliphatic hydroxyl groups is 1. The molecule has 1 heterocycles. The van der Waals surface area contributed by atoms with Crippen molar-refractivity contribution in [1.82, 2.24) is 0 Å². The van der Waals surface area contributed by atoms with Crippen molar-refractivity contribution in [2.24, 2.45) is 0 Å². The molecule has 1 unspecified atom stereocenters. The van der Waals surface area contributed by atoms with Crippen LogP contribution in [-0.2, 0) is 9.53 Å². The van der Waals surface area contributed by atoms with Crippen LogP contribution in [0.3, 0.4) is 0 Å². The maximum Gasteiger partial charge on any atom is 0.315 e. The van der Waals surface area contributed by atoms with Gasteiger partial charge >= 0.3 is 5.97 Å². The molecular weight excluding hydrogens is 248 g/mol. The second-order valence-corrected chi connectivity index (χ2v) is 5.57. The first-order chi connectivity index (χ1) is 8.58. The largest absolute Gasteiger partial charge is 0.416 e. The zero-order chi connectivity index (χ0) is 13.4. The third-order valence-corrected chi connectivity index (χ3v) is 3.93. The Bertz CT molecular complexity index is 291. The van der Waals surface area contributed by atoms with Gasteiger partial charge in [-0.1, -0.05) is 58.3 Å². The first-order valence-corrected chi connectivity index (χ1v) is 7.47. The number of cyclic esters (lactones) is 1. The van der Waals surface area contributed by atoms with Crippen LogP contribution in [0.5, 0.6) is 0 Å². The Morgan fingerprint density at radius 2 is 1.72 bits per heavy atom. The second-order valence-electron chi connectivity index (χ2n) is 5.19. The first-order valence-electron chi connectivity index (χ1n) is 7.06. The van der Waals surface area contributed by atoms with E-state index in [4.69, 9.17) is 17.0 Å². The Labute approximate surface area is 115 Å². The first kappa shape index (κ1) is 15.6. The number of hydrogen-bond acceptors (Lipinski definition) is 4. The van der Waals surface area contributed by atoms with Crippen LogP contribution < -0.4 is 0 Å². The van der Waals surface area contributed by atoms with Crippen molar-refractivity contribution >= 4 is 23.2 Å². The second kappa shape index (κ2) is 7.85. The van der Waals surface area contributed by atoms with Crippen LogP contribution in [0, 0.1) is 0 Å². The molecule has 0 bridgehead atoms. The molecule has 1 aliphatic heterocycles. The highest BCUT2D eigenvalue weighted by molar-refractivity contribution is 7.80. The van der Waals surface area contributed by atoms with Crippen LogP contribution in [0.1, 0.15) is 71.1 Å². The van der Waals surface area contributed by atoms with Crippen LogP contribution in [0.2, 0.25) is 0 Å². The molecule has 0 amide bonds. The lowest BCUT2D eigenvalue weighted by Crippen LogP contribution is -2.32. The number of ether oxygens (including phenoxy) is 1. The molecule has 0 spiro atoms. The third-order valence-electron chi connectivity index (χ3n) is 3.47. The Kier molecular flexibility index (Phi) is 6.79. The van der Waals surface area contributed by atoms with E-state index in [1.54, 1.807) is 0 Å². The van der Waals surface area contributed by atoms with Gasteiger partial charge in [0.2, 0.25) is 5.05 Å². The summed E-state index contributed by atoms with van der Waals surface area (Å²) >= 11 is 4.89. The van der Waals surface area contributed by atoms with Gasteiger partial charge in [0.05, 0.1) is 6.42 Å². The molecule has 1 N–H and O–H groups in total. The van der Waals surface area contributed by atoms with Crippen molar-refractivity contribution in [2.45, 2.75) is 76.7 Å². The molecule has 1 atom stereocenters. The molecule has 4 heteroatoms. The fraction of sp³-hybridized carbons (Fsp3) is 0.857. The van der Waals surface area contributed by atoms with Gasteiger partial charge < -0.3 is 9.84 Å². The molecule has 0 aromatic carbocycles. The molecule has 18 heavy (non-hydrogen) atoms. The summed E-state index contributed by atoms with van der Waals surface area (Å²) in [5.41, 5.74) is -1.17. The summed E-state index contributed by atoms with van der Waals surface area (Å²) in [6.45, 7) is 2.22. The van der Waals surface area contributed by atoms with E-state index in [1.807, 2.05) is 0 Å². The molecule has 0 aliphatic carbocycles. The number of carbonyl (C=O) groups is 1. The van der Waals surface area contributed by atoms with Crippen LogP contribution in [-0.4, -0.2) is 21.7 Å². The molecule has 0 aromatic rings. The van der Waals surface area contributed by atoms with Crippen molar-refractivity contribution in [3.8, 4) is 0 Å². The predicted octanol–water partition coefficient (Wildman–Crippen LogP) is 3.52. The minimum absolute atomic E-state index is 0.0301. The standard InChI is InChI=1S/C14H24O3S/c1-2-3-4-5-6-7-8-9-10-14(16)11-12(15)17-13(14)18/h16H,2-11H2,1H3. The van der Waals surface area contributed by atoms with Crippen LogP contribution in [0.4, 0.5) is 0 Å². The molecular formula is C14H24O3S. The summed E-state index contributed by atoms with van der Waals surface area (Å²) in [5, 5.41) is 10.2. The van der Waals surface area contributed by atoms with E-state index in [-0.39, 0.29) is 11.5 Å². The molecule has 1 aliphatic rings. The maximum atomic E-state index is 11.0. The van der Waals surface area contributed by atoms with Crippen molar-refractivity contribution in [3.05, 3.63) is 0 Å². The maximum absolute atomic E-state index is 11.0. The lowest BCUT2D eigenvalue weighted by Gasteiger charge is -2.18. The average Bonchev–Trinajstić information content (AvgIpc) is 2.57. The van der Waals surface area contributed by atoms with E-state index in [0.717, 1.165) is 12.8 Å². The molecule has 1 rings (SSSR count). The smallest absolute Gasteiger partial charge is 0.315 e. The number of esters is 1. The molecule has 0 saturated carbocycles. The summed E-state index contributed by atoms with van der Waals surface area (Å²) in [5.74, 6) is -0.401. The molecule has 1 fully saturated rings. The topological polar surface area (TPSA) is 46.5 Å². The lowest BCUT2D eigenvalue weighted by atomic mass is 9.94. The van der Waals surface area contributed by atoms with Gasteiger partial charge in [0.1, 0.15) is 5.60 Å². The van der Waals surface area contributed by atoms with E-state index in [2.05, 4.69) is 6.92 Å². The fourth-order valence-electron chi connectivity index (χ4n) is 2.29. The van der Waals surface area contributed by atoms with Crippen LogP contribution in [0.15, 0.2) is 0 Å². The highest BCUT2D eigenvalue weighted by atomic mass is 32.1. The number of rotatable bonds is 9. The summed E-state index contributed by atoms with van der Waals surface area (Å²) < 4.78 is 4.74. The molecule has 1 saturated heterocycles. The summed E-state index contributed by atoms with van der Waals surface area (Å²) in [7, 11) is 0. The average molecular weight is 272 g/mol. The molecule has 104 valence electrons. The van der Waals surface area contributed by atoms with Crippen molar-refractivity contribution < 1.29 is 14.6 Å². The minimum Gasteiger partial charge on any atom is -0.416 e. The summed E-state index contributed by atoms with van der Waals surface area (Å²) in [6.07, 6.45) is 10.3. The number of unbranched alkanes of at least 4 members (excludes halogenated alkanes) is 7. The monoisotopic (exact) mass is 272 g/mol. The van der Waals surface area contributed by atoms with E-state index >= 15 is 0 Å². The van der Waals surface area contributed by atoms with Crippen LogP contribution >= 0.6 is 12.2 Å². The fourth-order valence-corrected chi connectivity index (χ4v) is 2.55.